The zero-order chi connectivity index (χ0) is 22.1. The minimum Gasteiger partial charge on any atom is -0.280 e. The molecule has 3 aromatic rings. The number of anilines is 2. The van der Waals surface area contributed by atoms with Gasteiger partial charge in [0.05, 0.1) is 14.8 Å². The molecule has 0 saturated heterocycles. The normalized spacial score (nSPS) is 11.9. The molecule has 158 valence electrons. The molecule has 6 nitrogen and oxygen atoms in total. The molecule has 30 heavy (non-hydrogen) atoms. The highest BCUT2D eigenvalue weighted by molar-refractivity contribution is 7.93. The number of hydrogen-bond donors (Lipinski definition) is 2. The van der Waals surface area contributed by atoms with Crippen molar-refractivity contribution in [1.29, 1.82) is 0 Å². The second kappa shape index (κ2) is 8.17. The van der Waals surface area contributed by atoms with Crippen LogP contribution in [0.3, 0.4) is 0 Å². The van der Waals surface area contributed by atoms with Gasteiger partial charge in [0.2, 0.25) is 0 Å². The summed E-state index contributed by atoms with van der Waals surface area (Å²) in [5.74, 6) is -3.27. The van der Waals surface area contributed by atoms with E-state index < -0.39 is 42.4 Å². The van der Waals surface area contributed by atoms with E-state index in [1.807, 2.05) is 0 Å². The van der Waals surface area contributed by atoms with Crippen molar-refractivity contribution < 1.29 is 30.0 Å². The molecular weight excluding hydrogens is 465 g/mol. The molecule has 0 aliphatic rings. The van der Waals surface area contributed by atoms with Gasteiger partial charge in [-0.3, -0.25) is 9.44 Å². The standard InChI is InChI=1S/C18H12ClF3N2O4S2/c19-15-9-13(5-7-16(15)20)29(25,26)23-11-1-3-12(4-2-11)24-30(27,28)14-6-8-17(21)18(22)10-14/h1-10,23-24H. The van der Waals surface area contributed by atoms with Crippen LogP contribution in [0.1, 0.15) is 0 Å². The summed E-state index contributed by atoms with van der Waals surface area (Å²) in [5.41, 5.74) is 0.138. The van der Waals surface area contributed by atoms with E-state index in [9.17, 15) is 30.0 Å². The van der Waals surface area contributed by atoms with Crippen molar-refractivity contribution in [1.82, 2.24) is 0 Å². The quantitative estimate of drug-likeness (QED) is 0.553. The fourth-order valence-corrected chi connectivity index (χ4v) is 4.72. The number of halogens is 4. The van der Waals surface area contributed by atoms with E-state index in [4.69, 9.17) is 11.6 Å². The molecule has 0 aliphatic heterocycles. The Balaban J connectivity index is 1.77. The summed E-state index contributed by atoms with van der Waals surface area (Å²) in [6.07, 6.45) is 0. The van der Waals surface area contributed by atoms with Gasteiger partial charge >= 0.3 is 0 Å². The molecule has 0 aromatic heterocycles. The Morgan fingerprint density at radius 3 is 1.47 bits per heavy atom. The van der Waals surface area contributed by atoms with Crippen LogP contribution in [0.25, 0.3) is 0 Å². The zero-order valence-corrected chi connectivity index (χ0v) is 17.1. The fourth-order valence-electron chi connectivity index (χ4n) is 2.32. The predicted octanol–water partition coefficient (Wildman–Crippen LogP) is 4.36. The summed E-state index contributed by atoms with van der Waals surface area (Å²) in [6, 6.07) is 10.1. The molecular formula is C18H12ClF3N2O4S2. The van der Waals surface area contributed by atoms with Gasteiger partial charge < -0.3 is 0 Å². The lowest BCUT2D eigenvalue weighted by Crippen LogP contribution is -2.14. The third-order valence-corrected chi connectivity index (χ3v) is 6.84. The van der Waals surface area contributed by atoms with Gasteiger partial charge in [0.1, 0.15) is 5.82 Å². The molecule has 0 spiro atoms. The van der Waals surface area contributed by atoms with Gasteiger partial charge in [-0.1, -0.05) is 11.6 Å². The van der Waals surface area contributed by atoms with Crippen molar-refractivity contribution in [2.45, 2.75) is 9.79 Å². The van der Waals surface area contributed by atoms with Gasteiger partial charge in [0.25, 0.3) is 20.0 Å². The third-order valence-electron chi connectivity index (χ3n) is 3.79. The Labute approximate surface area is 175 Å². The largest absolute Gasteiger partial charge is 0.280 e. The Morgan fingerprint density at radius 2 is 1.03 bits per heavy atom. The molecule has 0 atom stereocenters. The first-order valence-electron chi connectivity index (χ1n) is 8.04. The summed E-state index contributed by atoms with van der Waals surface area (Å²) in [4.78, 5) is -0.753. The SMILES string of the molecule is O=S(=O)(Nc1ccc(NS(=O)(=O)c2ccc(F)c(Cl)c2)cc1)c1ccc(F)c(F)c1. The van der Waals surface area contributed by atoms with Crippen LogP contribution >= 0.6 is 11.6 Å². The summed E-state index contributed by atoms with van der Waals surface area (Å²) in [6.45, 7) is 0. The van der Waals surface area contributed by atoms with Crippen LogP contribution in [0.4, 0.5) is 24.5 Å². The number of sulfonamides is 2. The van der Waals surface area contributed by atoms with Crippen LogP contribution in [-0.2, 0) is 20.0 Å². The van der Waals surface area contributed by atoms with Crippen LogP contribution in [0.2, 0.25) is 5.02 Å². The van der Waals surface area contributed by atoms with Crippen molar-refractivity contribution in [3.63, 3.8) is 0 Å². The smallest absolute Gasteiger partial charge is 0.261 e. The van der Waals surface area contributed by atoms with E-state index in [1.165, 1.54) is 24.3 Å². The maximum Gasteiger partial charge on any atom is 0.261 e. The summed E-state index contributed by atoms with van der Waals surface area (Å²) < 4.78 is 93.1. The summed E-state index contributed by atoms with van der Waals surface area (Å²) >= 11 is 5.60. The molecule has 0 saturated carbocycles. The Kier molecular flexibility index (Phi) is 5.97. The van der Waals surface area contributed by atoms with E-state index in [-0.39, 0.29) is 21.3 Å². The van der Waals surface area contributed by atoms with E-state index in [0.29, 0.717) is 12.1 Å². The van der Waals surface area contributed by atoms with Gasteiger partial charge in [0.15, 0.2) is 11.6 Å². The van der Waals surface area contributed by atoms with Crippen molar-refractivity contribution in [3.8, 4) is 0 Å². The lowest BCUT2D eigenvalue weighted by atomic mass is 10.3. The summed E-state index contributed by atoms with van der Waals surface area (Å²) in [5, 5.41) is -0.361. The van der Waals surface area contributed by atoms with E-state index in [2.05, 4.69) is 9.44 Å². The first kappa shape index (κ1) is 21.9. The topological polar surface area (TPSA) is 92.3 Å². The second-order valence-corrected chi connectivity index (χ2v) is 9.71. The van der Waals surface area contributed by atoms with Crippen LogP contribution in [0.15, 0.2) is 70.5 Å². The molecule has 12 heteroatoms. The maximum atomic E-state index is 13.3. The average Bonchev–Trinajstić information content (AvgIpc) is 2.67. The van der Waals surface area contributed by atoms with Gasteiger partial charge in [-0.2, -0.15) is 0 Å². The van der Waals surface area contributed by atoms with Crippen molar-refractivity contribution >= 4 is 43.0 Å². The highest BCUT2D eigenvalue weighted by Crippen LogP contribution is 2.24. The molecule has 0 aliphatic carbocycles. The first-order valence-corrected chi connectivity index (χ1v) is 11.4. The minimum absolute atomic E-state index is 0.0486. The number of hydrogen-bond acceptors (Lipinski definition) is 4. The van der Waals surface area contributed by atoms with E-state index in [0.717, 1.165) is 24.3 Å². The van der Waals surface area contributed by atoms with Gasteiger partial charge in [0, 0.05) is 11.4 Å². The first-order chi connectivity index (χ1) is 14.0. The number of nitrogens with one attached hydrogen (secondary N) is 2. The molecule has 0 unspecified atom stereocenters. The number of rotatable bonds is 6. The molecule has 0 bridgehead atoms. The monoisotopic (exact) mass is 476 g/mol. The highest BCUT2D eigenvalue weighted by Gasteiger charge is 2.18. The zero-order valence-electron chi connectivity index (χ0n) is 14.7. The maximum absolute atomic E-state index is 13.3. The van der Waals surface area contributed by atoms with Crippen LogP contribution in [-0.4, -0.2) is 16.8 Å². The molecule has 3 aromatic carbocycles. The molecule has 2 N–H and O–H groups in total. The van der Waals surface area contributed by atoms with Crippen LogP contribution < -0.4 is 9.44 Å². The Hall–Kier alpha value is -2.76. The second-order valence-electron chi connectivity index (χ2n) is 5.94. The lowest BCUT2D eigenvalue weighted by Gasteiger charge is -2.11. The van der Waals surface area contributed by atoms with Gasteiger partial charge in [-0.25, -0.2) is 30.0 Å². The molecule has 0 radical (unpaired) electrons. The third kappa shape index (κ3) is 4.86. The van der Waals surface area contributed by atoms with Gasteiger partial charge in [-0.15, -0.1) is 0 Å². The molecule has 0 fully saturated rings. The minimum atomic E-state index is -4.20. The lowest BCUT2D eigenvalue weighted by molar-refractivity contribution is 0.504. The Bertz CT molecular complexity index is 1210. The van der Waals surface area contributed by atoms with Crippen LogP contribution in [0.5, 0.6) is 0 Å². The van der Waals surface area contributed by atoms with Crippen molar-refractivity contribution in [2.75, 3.05) is 9.44 Å². The van der Waals surface area contributed by atoms with E-state index >= 15 is 0 Å². The van der Waals surface area contributed by atoms with Gasteiger partial charge in [-0.05, 0) is 60.7 Å². The van der Waals surface area contributed by atoms with Crippen molar-refractivity contribution in [2.24, 2.45) is 0 Å². The fraction of sp³-hybridized carbons (Fsp3) is 0. The number of benzene rings is 3. The summed E-state index contributed by atoms with van der Waals surface area (Å²) in [7, 11) is -8.27. The van der Waals surface area contributed by atoms with Crippen molar-refractivity contribution in [3.05, 3.63) is 83.1 Å². The molecule has 0 amide bonds. The average molecular weight is 477 g/mol. The highest BCUT2D eigenvalue weighted by atomic mass is 35.5. The molecule has 0 heterocycles. The van der Waals surface area contributed by atoms with Crippen LogP contribution in [0, 0.1) is 17.5 Å². The van der Waals surface area contributed by atoms with E-state index in [1.54, 1.807) is 0 Å². The molecule has 3 rings (SSSR count). The predicted molar refractivity (Wildman–Crippen MR) is 106 cm³/mol. The Morgan fingerprint density at radius 1 is 0.600 bits per heavy atom.